The summed E-state index contributed by atoms with van der Waals surface area (Å²) in [5.41, 5.74) is 2.09. The molecule has 3 aromatic heterocycles. The zero-order valence-corrected chi connectivity index (χ0v) is 17.4. The molecule has 0 radical (unpaired) electrons. The van der Waals surface area contributed by atoms with Gasteiger partial charge in [0.25, 0.3) is 0 Å². The molecule has 4 rings (SSSR count). The maximum absolute atomic E-state index is 13.1. The fraction of sp³-hybridized carbons (Fsp3) is 0.227. The van der Waals surface area contributed by atoms with Crippen molar-refractivity contribution in [2.24, 2.45) is 0 Å². The van der Waals surface area contributed by atoms with E-state index in [0.717, 1.165) is 28.5 Å². The van der Waals surface area contributed by atoms with Crippen molar-refractivity contribution in [3.8, 4) is 11.4 Å². The van der Waals surface area contributed by atoms with Crippen LogP contribution in [0, 0.1) is 11.7 Å². The smallest absolute Gasteiger partial charge is 0.225 e. The normalized spacial score (nSPS) is 11.0. The molecule has 0 aliphatic rings. The summed E-state index contributed by atoms with van der Waals surface area (Å²) in [4.78, 5) is 14.8. The first-order chi connectivity index (χ1) is 14.6. The van der Waals surface area contributed by atoms with E-state index >= 15 is 0 Å². The van der Waals surface area contributed by atoms with E-state index in [4.69, 9.17) is 21.1 Å². The number of nitrogens with one attached hydrogen (secondary N) is 1. The highest BCUT2D eigenvalue weighted by Gasteiger charge is 2.18. The van der Waals surface area contributed by atoms with E-state index < -0.39 is 0 Å². The van der Waals surface area contributed by atoms with Crippen LogP contribution in [0.1, 0.15) is 23.5 Å². The lowest BCUT2D eigenvalue weighted by Gasteiger charge is -2.21. The number of amides is 1. The summed E-state index contributed by atoms with van der Waals surface area (Å²) in [5, 5.41) is 7.20. The summed E-state index contributed by atoms with van der Waals surface area (Å²) in [6.45, 7) is 3.19. The Bertz CT molecular complexity index is 1120. The van der Waals surface area contributed by atoms with Crippen molar-refractivity contribution in [2.45, 2.75) is 33.0 Å². The molecule has 0 aliphatic carbocycles. The fourth-order valence-corrected chi connectivity index (χ4v) is 3.53. The molecule has 154 valence electrons. The van der Waals surface area contributed by atoms with Crippen molar-refractivity contribution in [1.29, 1.82) is 0 Å². The number of hydrogen-bond acceptors (Lipinski definition) is 5. The summed E-state index contributed by atoms with van der Waals surface area (Å²) < 4.78 is 13.2. The van der Waals surface area contributed by atoms with Crippen LogP contribution in [-0.4, -0.2) is 25.6 Å². The second-order valence-electron chi connectivity index (χ2n) is 7.03. The Hall–Kier alpha value is -3.39. The SMILES string of the molecule is Cc1cccc(-c2n[nH]c(=S)n2CCC(=O)N(Cc2ccco2)Cc2ccco2)c1. The van der Waals surface area contributed by atoms with Gasteiger partial charge in [-0.3, -0.25) is 14.5 Å². The highest BCUT2D eigenvalue weighted by Crippen LogP contribution is 2.19. The van der Waals surface area contributed by atoms with Crippen molar-refractivity contribution in [2.75, 3.05) is 0 Å². The lowest BCUT2D eigenvalue weighted by atomic mass is 10.1. The molecule has 3 heterocycles. The molecule has 0 saturated heterocycles. The second kappa shape index (κ2) is 8.96. The van der Waals surface area contributed by atoms with Gasteiger partial charge in [-0.15, -0.1) is 0 Å². The minimum Gasteiger partial charge on any atom is -0.467 e. The second-order valence-corrected chi connectivity index (χ2v) is 7.42. The van der Waals surface area contributed by atoms with Crippen LogP contribution in [0.4, 0.5) is 0 Å². The number of aryl methyl sites for hydroxylation is 1. The zero-order valence-electron chi connectivity index (χ0n) is 16.6. The van der Waals surface area contributed by atoms with Gasteiger partial charge in [0.2, 0.25) is 5.91 Å². The van der Waals surface area contributed by atoms with Crippen LogP contribution >= 0.6 is 12.2 Å². The van der Waals surface area contributed by atoms with Crippen molar-refractivity contribution in [3.63, 3.8) is 0 Å². The predicted molar refractivity (Wildman–Crippen MR) is 114 cm³/mol. The highest BCUT2D eigenvalue weighted by molar-refractivity contribution is 7.71. The summed E-state index contributed by atoms with van der Waals surface area (Å²) in [6.07, 6.45) is 3.47. The lowest BCUT2D eigenvalue weighted by molar-refractivity contribution is -0.133. The first-order valence-corrected chi connectivity index (χ1v) is 10.1. The number of furan rings is 2. The van der Waals surface area contributed by atoms with Crippen LogP contribution in [0.25, 0.3) is 11.4 Å². The molecule has 8 heteroatoms. The molecule has 0 bridgehead atoms. The first kappa shape index (κ1) is 19.9. The Balaban J connectivity index is 1.51. The number of rotatable bonds is 8. The van der Waals surface area contributed by atoms with Crippen LogP contribution in [0.5, 0.6) is 0 Å². The van der Waals surface area contributed by atoms with E-state index in [1.165, 1.54) is 0 Å². The van der Waals surface area contributed by atoms with E-state index in [0.29, 0.717) is 24.4 Å². The topological polar surface area (TPSA) is 80.2 Å². The minimum atomic E-state index is -0.0268. The third-order valence-electron chi connectivity index (χ3n) is 4.79. The standard InChI is InChI=1S/C22H22N4O3S/c1-16-5-2-6-17(13-16)21-23-24-22(30)26(21)10-9-20(27)25(14-18-7-3-11-28-18)15-19-8-4-12-29-19/h2-8,11-13H,9-10,14-15H2,1H3,(H,24,30). The molecule has 0 atom stereocenters. The van der Waals surface area contributed by atoms with Crippen LogP contribution in [0.2, 0.25) is 0 Å². The highest BCUT2D eigenvalue weighted by atomic mass is 32.1. The molecular formula is C22H22N4O3S. The molecule has 4 aromatic rings. The number of carbonyl (C=O) groups is 1. The molecule has 0 aliphatic heterocycles. The van der Waals surface area contributed by atoms with Crippen molar-refractivity contribution in [3.05, 3.63) is 82.9 Å². The third kappa shape index (κ3) is 4.60. The number of aromatic amines is 1. The summed E-state index contributed by atoms with van der Waals surface area (Å²) in [7, 11) is 0. The fourth-order valence-electron chi connectivity index (χ4n) is 3.31. The Morgan fingerprint density at radius 3 is 2.40 bits per heavy atom. The lowest BCUT2D eigenvalue weighted by Crippen LogP contribution is -2.30. The van der Waals surface area contributed by atoms with Crippen LogP contribution < -0.4 is 0 Å². The molecule has 0 unspecified atom stereocenters. The Labute approximate surface area is 178 Å². The maximum atomic E-state index is 13.1. The van der Waals surface area contributed by atoms with Crippen molar-refractivity contribution in [1.82, 2.24) is 19.7 Å². The molecule has 30 heavy (non-hydrogen) atoms. The average Bonchev–Trinajstić information content (AvgIpc) is 3.49. The molecule has 1 amide bonds. The van der Waals surface area contributed by atoms with Crippen LogP contribution in [-0.2, 0) is 24.4 Å². The van der Waals surface area contributed by atoms with Crippen LogP contribution in [0.3, 0.4) is 0 Å². The maximum Gasteiger partial charge on any atom is 0.225 e. The molecule has 1 N–H and O–H groups in total. The summed E-state index contributed by atoms with van der Waals surface area (Å²) in [6, 6.07) is 15.4. The van der Waals surface area contributed by atoms with Gasteiger partial charge in [0.15, 0.2) is 10.6 Å². The van der Waals surface area contributed by atoms with E-state index in [9.17, 15) is 4.79 Å². The van der Waals surface area contributed by atoms with Gasteiger partial charge in [-0.25, -0.2) is 0 Å². The minimum absolute atomic E-state index is 0.0268. The van der Waals surface area contributed by atoms with E-state index in [-0.39, 0.29) is 12.3 Å². The number of aromatic nitrogens is 3. The zero-order chi connectivity index (χ0) is 20.9. The van der Waals surface area contributed by atoms with Gasteiger partial charge >= 0.3 is 0 Å². The van der Waals surface area contributed by atoms with Gasteiger partial charge in [0, 0.05) is 18.5 Å². The molecule has 0 saturated carbocycles. The van der Waals surface area contributed by atoms with Gasteiger partial charge in [-0.1, -0.05) is 23.8 Å². The van der Waals surface area contributed by atoms with E-state index in [2.05, 4.69) is 10.2 Å². The quantitative estimate of drug-likeness (QED) is 0.416. The van der Waals surface area contributed by atoms with Gasteiger partial charge in [-0.2, -0.15) is 5.10 Å². The van der Waals surface area contributed by atoms with Crippen molar-refractivity contribution < 1.29 is 13.6 Å². The molecule has 0 spiro atoms. The van der Waals surface area contributed by atoms with Gasteiger partial charge in [-0.05, 0) is 49.5 Å². The van der Waals surface area contributed by atoms with Crippen molar-refractivity contribution >= 4 is 18.1 Å². The first-order valence-electron chi connectivity index (χ1n) is 9.65. The molecular weight excluding hydrogens is 400 g/mol. The molecule has 1 aromatic carbocycles. The number of benzene rings is 1. The van der Waals surface area contributed by atoms with E-state index in [1.54, 1.807) is 17.4 Å². The number of carbonyl (C=O) groups excluding carboxylic acids is 1. The number of hydrogen-bond donors (Lipinski definition) is 1. The third-order valence-corrected chi connectivity index (χ3v) is 5.10. The van der Waals surface area contributed by atoms with E-state index in [1.807, 2.05) is 60.0 Å². The average molecular weight is 423 g/mol. The summed E-state index contributed by atoms with van der Waals surface area (Å²) in [5.74, 6) is 2.13. The predicted octanol–water partition coefficient (Wildman–Crippen LogP) is 4.72. The Morgan fingerprint density at radius 2 is 1.80 bits per heavy atom. The molecule has 0 fully saturated rings. The molecule has 7 nitrogen and oxygen atoms in total. The van der Waals surface area contributed by atoms with Crippen LogP contribution in [0.15, 0.2) is 69.9 Å². The number of H-pyrrole nitrogens is 1. The van der Waals surface area contributed by atoms with Gasteiger partial charge in [0.1, 0.15) is 11.5 Å². The monoisotopic (exact) mass is 422 g/mol. The Kier molecular flexibility index (Phi) is 5.94. The van der Waals surface area contributed by atoms with Gasteiger partial charge < -0.3 is 13.7 Å². The summed E-state index contributed by atoms with van der Waals surface area (Å²) >= 11 is 5.40. The Morgan fingerprint density at radius 1 is 1.10 bits per heavy atom. The number of nitrogens with zero attached hydrogens (tertiary/aromatic N) is 3. The largest absolute Gasteiger partial charge is 0.467 e. The van der Waals surface area contributed by atoms with Gasteiger partial charge in [0.05, 0.1) is 25.6 Å².